The Balaban J connectivity index is 3.53. The molecule has 0 fully saturated rings. The third kappa shape index (κ3) is 10.6. The van der Waals surface area contributed by atoms with Crippen LogP contribution in [-0.4, -0.2) is 24.6 Å². The minimum atomic E-state index is 0.775. The first-order valence-corrected chi connectivity index (χ1v) is 7.64. The maximum Gasteiger partial charge on any atom is -0.00201 e. The van der Waals surface area contributed by atoms with Crippen molar-refractivity contribution in [2.45, 2.75) is 47.0 Å². The fraction of sp³-hybridized carbons (Fsp3) is 1.00. The number of nitrogens with one attached hydrogen (secondary N) is 1. The fourth-order valence-corrected chi connectivity index (χ4v) is 2.52. The van der Waals surface area contributed by atoms with Gasteiger partial charge in [-0.15, -0.1) is 0 Å². The Hall–Kier alpha value is 0.310. The van der Waals surface area contributed by atoms with Gasteiger partial charge in [-0.1, -0.05) is 34.1 Å². The van der Waals surface area contributed by atoms with Crippen LogP contribution >= 0.6 is 11.8 Å². The van der Waals surface area contributed by atoms with Gasteiger partial charge in [0.15, 0.2) is 0 Å². The normalized spacial score (nSPS) is 13.4. The predicted molar refractivity (Wildman–Crippen MR) is 73.7 cm³/mol. The second-order valence-corrected chi connectivity index (χ2v) is 6.09. The zero-order valence-electron chi connectivity index (χ0n) is 11.0. The molecular weight excluding hydrogens is 202 g/mol. The molecule has 0 spiro atoms. The molecule has 0 rings (SSSR count). The molecule has 0 aromatic heterocycles. The highest BCUT2D eigenvalue weighted by Gasteiger charge is 2.07. The minimum Gasteiger partial charge on any atom is -0.316 e. The molecule has 0 aromatic carbocycles. The summed E-state index contributed by atoms with van der Waals surface area (Å²) < 4.78 is 0. The van der Waals surface area contributed by atoms with Crippen molar-refractivity contribution < 1.29 is 0 Å². The highest BCUT2D eigenvalue weighted by atomic mass is 32.2. The van der Waals surface area contributed by atoms with Gasteiger partial charge in [-0.25, -0.2) is 0 Å². The Morgan fingerprint density at radius 3 is 2.33 bits per heavy atom. The van der Waals surface area contributed by atoms with E-state index in [2.05, 4.69) is 44.8 Å². The van der Waals surface area contributed by atoms with E-state index in [1.165, 1.54) is 43.9 Å². The zero-order valence-corrected chi connectivity index (χ0v) is 11.8. The van der Waals surface area contributed by atoms with Crippen molar-refractivity contribution >= 4 is 11.8 Å². The summed E-state index contributed by atoms with van der Waals surface area (Å²) in [6.45, 7) is 11.5. The van der Waals surface area contributed by atoms with Gasteiger partial charge in [0, 0.05) is 0 Å². The third-order valence-electron chi connectivity index (χ3n) is 2.56. The van der Waals surface area contributed by atoms with Crippen LogP contribution in [0.25, 0.3) is 0 Å². The topological polar surface area (TPSA) is 12.0 Å². The Bertz CT molecular complexity index is 126. The molecule has 0 amide bonds. The maximum atomic E-state index is 3.59. The number of hydrogen-bond acceptors (Lipinski definition) is 2. The van der Waals surface area contributed by atoms with E-state index < -0.39 is 0 Å². The number of rotatable bonds is 10. The smallest absolute Gasteiger partial charge is 0.00201 e. The summed E-state index contributed by atoms with van der Waals surface area (Å²) in [5.41, 5.74) is 0. The first-order chi connectivity index (χ1) is 7.20. The summed E-state index contributed by atoms with van der Waals surface area (Å²) >= 11 is 2.07. The zero-order chi connectivity index (χ0) is 11.5. The van der Waals surface area contributed by atoms with Gasteiger partial charge in [-0.2, -0.15) is 11.8 Å². The molecule has 0 heterocycles. The monoisotopic (exact) mass is 231 g/mol. The van der Waals surface area contributed by atoms with Crippen molar-refractivity contribution in [3.05, 3.63) is 0 Å². The van der Waals surface area contributed by atoms with Crippen molar-refractivity contribution in [2.75, 3.05) is 24.6 Å². The number of thioether (sulfide) groups is 1. The van der Waals surface area contributed by atoms with E-state index in [1.807, 2.05) is 0 Å². The standard InChI is InChI=1S/C13H29NS/c1-5-7-13(8-9-15-6-2)11-14-10-12(3)4/h12-14H,5-11H2,1-4H3. The molecule has 1 unspecified atom stereocenters. The molecule has 92 valence electrons. The SMILES string of the molecule is CCCC(CCSCC)CNCC(C)C. The van der Waals surface area contributed by atoms with Crippen molar-refractivity contribution in [1.29, 1.82) is 0 Å². The second-order valence-electron chi connectivity index (χ2n) is 4.69. The van der Waals surface area contributed by atoms with Crippen LogP contribution in [-0.2, 0) is 0 Å². The fourth-order valence-electron chi connectivity index (χ4n) is 1.73. The molecule has 2 heteroatoms. The van der Waals surface area contributed by atoms with Crippen LogP contribution in [0.2, 0.25) is 0 Å². The van der Waals surface area contributed by atoms with Crippen LogP contribution in [0.4, 0.5) is 0 Å². The molecule has 1 N–H and O–H groups in total. The van der Waals surface area contributed by atoms with E-state index in [0.29, 0.717) is 0 Å². The van der Waals surface area contributed by atoms with Gasteiger partial charge in [0.1, 0.15) is 0 Å². The molecule has 0 bridgehead atoms. The lowest BCUT2D eigenvalue weighted by Gasteiger charge is -2.17. The molecule has 0 aliphatic carbocycles. The lowest BCUT2D eigenvalue weighted by Crippen LogP contribution is -2.26. The molecular formula is C13H29NS. The van der Waals surface area contributed by atoms with Crippen molar-refractivity contribution in [3.8, 4) is 0 Å². The van der Waals surface area contributed by atoms with Gasteiger partial charge < -0.3 is 5.32 Å². The first-order valence-electron chi connectivity index (χ1n) is 6.49. The summed E-state index contributed by atoms with van der Waals surface area (Å²) in [5.74, 6) is 4.27. The van der Waals surface area contributed by atoms with Gasteiger partial charge in [0.2, 0.25) is 0 Å². The van der Waals surface area contributed by atoms with Gasteiger partial charge in [0.05, 0.1) is 0 Å². The van der Waals surface area contributed by atoms with Crippen molar-refractivity contribution in [2.24, 2.45) is 11.8 Å². The lowest BCUT2D eigenvalue weighted by molar-refractivity contribution is 0.415. The van der Waals surface area contributed by atoms with Gasteiger partial charge in [0.25, 0.3) is 0 Å². The van der Waals surface area contributed by atoms with Gasteiger partial charge in [-0.05, 0) is 49.3 Å². The Kier molecular flexibility index (Phi) is 11.0. The van der Waals surface area contributed by atoms with E-state index in [-0.39, 0.29) is 0 Å². The molecule has 0 saturated heterocycles. The van der Waals surface area contributed by atoms with Crippen LogP contribution in [0, 0.1) is 11.8 Å². The van der Waals surface area contributed by atoms with Crippen LogP contribution in [0.15, 0.2) is 0 Å². The highest BCUT2D eigenvalue weighted by Crippen LogP contribution is 2.14. The molecule has 0 aliphatic rings. The van der Waals surface area contributed by atoms with E-state index in [0.717, 1.165) is 11.8 Å². The van der Waals surface area contributed by atoms with Crippen LogP contribution in [0.1, 0.15) is 47.0 Å². The summed E-state index contributed by atoms with van der Waals surface area (Å²) in [5, 5.41) is 3.59. The quantitative estimate of drug-likeness (QED) is 0.574. The highest BCUT2D eigenvalue weighted by molar-refractivity contribution is 7.99. The Labute approximate surface area is 101 Å². The maximum absolute atomic E-state index is 3.59. The summed E-state index contributed by atoms with van der Waals surface area (Å²) in [4.78, 5) is 0. The van der Waals surface area contributed by atoms with E-state index in [9.17, 15) is 0 Å². The van der Waals surface area contributed by atoms with E-state index >= 15 is 0 Å². The molecule has 0 aromatic rings. The van der Waals surface area contributed by atoms with E-state index in [1.54, 1.807) is 0 Å². The Morgan fingerprint density at radius 2 is 1.80 bits per heavy atom. The first kappa shape index (κ1) is 15.3. The molecule has 0 radical (unpaired) electrons. The van der Waals surface area contributed by atoms with Crippen LogP contribution in [0.3, 0.4) is 0 Å². The largest absolute Gasteiger partial charge is 0.316 e. The van der Waals surface area contributed by atoms with Crippen molar-refractivity contribution in [3.63, 3.8) is 0 Å². The predicted octanol–water partition coefficient (Wildman–Crippen LogP) is 3.79. The third-order valence-corrected chi connectivity index (χ3v) is 3.49. The van der Waals surface area contributed by atoms with E-state index in [4.69, 9.17) is 0 Å². The molecule has 1 atom stereocenters. The lowest BCUT2D eigenvalue weighted by atomic mass is 10.0. The molecule has 15 heavy (non-hydrogen) atoms. The summed E-state index contributed by atoms with van der Waals surface area (Å²) in [6.07, 6.45) is 4.09. The average molecular weight is 231 g/mol. The Morgan fingerprint density at radius 1 is 1.07 bits per heavy atom. The molecule has 1 nitrogen and oxygen atoms in total. The van der Waals surface area contributed by atoms with Gasteiger partial charge >= 0.3 is 0 Å². The summed E-state index contributed by atoms with van der Waals surface area (Å²) in [6, 6.07) is 0. The average Bonchev–Trinajstić information content (AvgIpc) is 2.17. The van der Waals surface area contributed by atoms with Crippen LogP contribution < -0.4 is 5.32 Å². The summed E-state index contributed by atoms with van der Waals surface area (Å²) in [7, 11) is 0. The van der Waals surface area contributed by atoms with Crippen molar-refractivity contribution in [1.82, 2.24) is 5.32 Å². The van der Waals surface area contributed by atoms with Crippen LogP contribution in [0.5, 0.6) is 0 Å². The molecule has 0 saturated carbocycles. The second kappa shape index (κ2) is 10.8. The number of hydrogen-bond donors (Lipinski definition) is 1. The van der Waals surface area contributed by atoms with Gasteiger partial charge in [-0.3, -0.25) is 0 Å². The minimum absolute atomic E-state index is 0.775. The molecule has 0 aliphatic heterocycles.